The summed E-state index contributed by atoms with van der Waals surface area (Å²) in [5, 5.41) is 3.36. The summed E-state index contributed by atoms with van der Waals surface area (Å²) in [6, 6.07) is 14.3. The van der Waals surface area contributed by atoms with Crippen molar-refractivity contribution in [3.05, 3.63) is 48.7 Å². The van der Waals surface area contributed by atoms with Crippen LogP contribution in [0.1, 0.15) is 0 Å². The Kier molecular flexibility index (Phi) is 1.81. The van der Waals surface area contributed by atoms with Crippen LogP contribution in [0.5, 0.6) is 0 Å². The highest BCUT2D eigenvalue weighted by atomic mass is 16.3. The third-order valence-electron chi connectivity index (χ3n) is 3.44. The number of rotatable bonds is 0. The molecule has 0 bridgehead atoms. The first kappa shape index (κ1) is 9.72. The maximum absolute atomic E-state index is 5.98. The average Bonchev–Trinajstić information content (AvgIpc) is 2.79. The van der Waals surface area contributed by atoms with E-state index in [9.17, 15) is 0 Å². The van der Waals surface area contributed by atoms with E-state index in [1.54, 1.807) is 0 Å². The molecule has 4 rings (SSSR count). The molecule has 84 valence electrons. The zero-order valence-corrected chi connectivity index (χ0v) is 9.97. The van der Waals surface area contributed by atoms with Gasteiger partial charge >= 0.3 is 0 Å². The molecule has 2 nitrogen and oxygen atoms in total. The van der Waals surface area contributed by atoms with E-state index in [0.717, 1.165) is 32.8 Å². The molecular formula is C15H10BNO. The summed E-state index contributed by atoms with van der Waals surface area (Å²) in [7, 11) is 2.09. The molecule has 0 saturated carbocycles. The molecule has 3 heteroatoms. The molecule has 0 radical (unpaired) electrons. The third-order valence-corrected chi connectivity index (χ3v) is 3.44. The fraction of sp³-hybridized carbons (Fsp3) is 0. The minimum Gasteiger partial charge on any atom is -0.454 e. The second-order valence-electron chi connectivity index (χ2n) is 4.57. The Morgan fingerprint density at radius 1 is 1.00 bits per heavy atom. The first-order valence-electron chi connectivity index (χ1n) is 6.00. The lowest BCUT2D eigenvalue weighted by Gasteiger charge is -1.97. The summed E-state index contributed by atoms with van der Waals surface area (Å²) < 4.78 is 5.98. The van der Waals surface area contributed by atoms with Crippen molar-refractivity contribution in [2.75, 3.05) is 0 Å². The predicted molar refractivity (Wildman–Crippen MR) is 77.2 cm³/mol. The average molecular weight is 231 g/mol. The van der Waals surface area contributed by atoms with Crippen LogP contribution in [0.3, 0.4) is 0 Å². The Morgan fingerprint density at radius 2 is 1.89 bits per heavy atom. The lowest BCUT2D eigenvalue weighted by Crippen LogP contribution is -2.01. The Hall–Kier alpha value is -2.29. The van der Waals surface area contributed by atoms with Crippen molar-refractivity contribution in [1.29, 1.82) is 0 Å². The number of hydrogen-bond acceptors (Lipinski definition) is 2. The molecule has 0 aliphatic rings. The largest absolute Gasteiger partial charge is 0.454 e. The molecule has 2 aromatic heterocycles. The van der Waals surface area contributed by atoms with Crippen LogP contribution in [0, 0.1) is 0 Å². The van der Waals surface area contributed by atoms with Gasteiger partial charge in [0.2, 0.25) is 0 Å². The first-order valence-corrected chi connectivity index (χ1v) is 6.00. The molecule has 2 heterocycles. The van der Waals surface area contributed by atoms with Crippen molar-refractivity contribution < 1.29 is 4.42 Å². The summed E-state index contributed by atoms with van der Waals surface area (Å²) in [5.74, 6) is 0. The van der Waals surface area contributed by atoms with Crippen molar-refractivity contribution in [2.45, 2.75) is 0 Å². The van der Waals surface area contributed by atoms with Gasteiger partial charge in [0.25, 0.3) is 0 Å². The molecule has 4 aromatic rings. The highest BCUT2D eigenvalue weighted by Gasteiger charge is 2.12. The van der Waals surface area contributed by atoms with Crippen molar-refractivity contribution in [3.63, 3.8) is 0 Å². The number of aromatic nitrogens is 1. The van der Waals surface area contributed by atoms with Crippen LogP contribution in [-0.4, -0.2) is 12.8 Å². The Labute approximate surface area is 105 Å². The molecule has 0 unspecified atom stereocenters. The van der Waals surface area contributed by atoms with E-state index in [1.165, 1.54) is 5.46 Å². The lowest BCUT2D eigenvalue weighted by atomic mass is 9.92. The SMILES string of the molecule is Bc1cccc2oc3c4ccccc4cnc3c12. The van der Waals surface area contributed by atoms with E-state index >= 15 is 0 Å². The fourth-order valence-corrected chi connectivity index (χ4v) is 2.56. The minimum atomic E-state index is 0.886. The van der Waals surface area contributed by atoms with E-state index in [4.69, 9.17) is 4.42 Å². The molecule has 0 saturated heterocycles. The number of furan rings is 1. The van der Waals surface area contributed by atoms with Gasteiger partial charge in [-0.05, 0) is 6.07 Å². The van der Waals surface area contributed by atoms with Gasteiger partial charge in [-0.3, -0.25) is 4.98 Å². The van der Waals surface area contributed by atoms with Gasteiger partial charge in [0.15, 0.2) is 5.58 Å². The summed E-state index contributed by atoms with van der Waals surface area (Å²) in [6.07, 6.45) is 1.92. The molecule has 0 amide bonds. The van der Waals surface area contributed by atoms with E-state index < -0.39 is 0 Å². The molecular weight excluding hydrogens is 221 g/mol. The second kappa shape index (κ2) is 3.36. The lowest BCUT2D eigenvalue weighted by molar-refractivity contribution is 0.672. The standard InChI is InChI=1S/C15H10BNO/c16-11-6-3-7-12-13(11)14-15(18-12)10-5-2-1-4-9(10)8-17-14/h1-8H,16H2. The van der Waals surface area contributed by atoms with Gasteiger partial charge in [-0.1, -0.05) is 41.9 Å². The van der Waals surface area contributed by atoms with Gasteiger partial charge in [0.1, 0.15) is 18.9 Å². The van der Waals surface area contributed by atoms with Crippen LogP contribution < -0.4 is 5.46 Å². The fourth-order valence-electron chi connectivity index (χ4n) is 2.56. The van der Waals surface area contributed by atoms with Crippen LogP contribution >= 0.6 is 0 Å². The summed E-state index contributed by atoms with van der Waals surface area (Å²) in [4.78, 5) is 4.56. The Balaban J connectivity index is 2.34. The van der Waals surface area contributed by atoms with Crippen LogP contribution in [0.4, 0.5) is 0 Å². The van der Waals surface area contributed by atoms with Gasteiger partial charge in [-0.2, -0.15) is 0 Å². The number of nitrogens with zero attached hydrogens (tertiary/aromatic N) is 1. The maximum Gasteiger partial charge on any atom is 0.161 e. The monoisotopic (exact) mass is 231 g/mol. The third kappa shape index (κ3) is 1.16. The van der Waals surface area contributed by atoms with Gasteiger partial charge in [-0.25, -0.2) is 0 Å². The number of fused-ring (bicyclic) bond motifs is 5. The van der Waals surface area contributed by atoms with Crippen molar-refractivity contribution in [1.82, 2.24) is 4.98 Å². The van der Waals surface area contributed by atoms with Gasteiger partial charge < -0.3 is 4.42 Å². The van der Waals surface area contributed by atoms with Gasteiger partial charge in [0.05, 0.1) is 0 Å². The van der Waals surface area contributed by atoms with Crippen LogP contribution in [0.25, 0.3) is 32.8 Å². The van der Waals surface area contributed by atoms with Crippen LogP contribution in [0.2, 0.25) is 0 Å². The van der Waals surface area contributed by atoms with Crippen molar-refractivity contribution >= 4 is 46.2 Å². The molecule has 0 aliphatic heterocycles. The summed E-state index contributed by atoms with van der Waals surface area (Å²) >= 11 is 0. The quantitative estimate of drug-likeness (QED) is 0.434. The smallest absolute Gasteiger partial charge is 0.161 e. The molecule has 0 spiro atoms. The number of benzene rings is 2. The van der Waals surface area contributed by atoms with E-state index in [1.807, 2.05) is 30.5 Å². The van der Waals surface area contributed by atoms with Crippen LogP contribution in [-0.2, 0) is 0 Å². The normalized spacial score (nSPS) is 11.6. The topological polar surface area (TPSA) is 26.0 Å². The molecule has 0 N–H and O–H groups in total. The first-order chi connectivity index (χ1) is 8.84. The highest BCUT2D eigenvalue weighted by Crippen LogP contribution is 2.30. The maximum atomic E-state index is 5.98. The zero-order chi connectivity index (χ0) is 12.1. The van der Waals surface area contributed by atoms with Crippen molar-refractivity contribution in [2.24, 2.45) is 0 Å². The number of hydrogen-bond donors (Lipinski definition) is 0. The summed E-state index contributed by atoms with van der Waals surface area (Å²) in [5.41, 5.74) is 3.96. The van der Waals surface area contributed by atoms with Gasteiger partial charge in [0, 0.05) is 22.4 Å². The predicted octanol–water partition coefficient (Wildman–Crippen LogP) is 2.39. The highest BCUT2D eigenvalue weighted by molar-refractivity contribution is 6.41. The molecule has 2 aromatic carbocycles. The summed E-state index contributed by atoms with van der Waals surface area (Å²) in [6.45, 7) is 0. The second-order valence-corrected chi connectivity index (χ2v) is 4.57. The van der Waals surface area contributed by atoms with E-state index in [-0.39, 0.29) is 0 Å². The molecule has 0 atom stereocenters. The Morgan fingerprint density at radius 3 is 2.83 bits per heavy atom. The van der Waals surface area contributed by atoms with E-state index in [0.29, 0.717) is 0 Å². The zero-order valence-electron chi connectivity index (χ0n) is 9.97. The van der Waals surface area contributed by atoms with Crippen LogP contribution in [0.15, 0.2) is 53.1 Å². The van der Waals surface area contributed by atoms with Gasteiger partial charge in [-0.15, -0.1) is 0 Å². The Bertz CT molecular complexity index is 895. The molecule has 0 aliphatic carbocycles. The number of pyridine rings is 1. The molecule has 0 fully saturated rings. The van der Waals surface area contributed by atoms with Crippen molar-refractivity contribution in [3.8, 4) is 0 Å². The van der Waals surface area contributed by atoms with E-state index in [2.05, 4.69) is 31.0 Å². The molecule has 18 heavy (non-hydrogen) atoms. The minimum absolute atomic E-state index is 0.886.